The van der Waals surface area contributed by atoms with E-state index in [1.54, 1.807) is 13.8 Å². The second-order valence-electron chi connectivity index (χ2n) is 6.30. The minimum atomic E-state index is -1.10. The molecule has 6 nitrogen and oxygen atoms in total. The number of benzene rings is 1. The van der Waals surface area contributed by atoms with Gasteiger partial charge < -0.3 is 15.0 Å². The molecule has 1 heterocycles. The molecule has 144 valence electrons. The van der Waals surface area contributed by atoms with Crippen molar-refractivity contribution in [2.45, 2.75) is 33.7 Å². The lowest BCUT2D eigenvalue weighted by atomic mass is 10.1. The number of ketones is 1. The van der Waals surface area contributed by atoms with E-state index in [1.165, 1.54) is 17.9 Å². The van der Waals surface area contributed by atoms with Crippen LogP contribution in [-0.2, 0) is 11.3 Å². The fourth-order valence-corrected chi connectivity index (χ4v) is 2.99. The van der Waals surface area contributed by atoms with E-state index in [0.717, 1.165) is 12.1 Å². The van der Waals surface area contributed by atoms with Gasteiger partial charge >= 0.3 is 5.97 Å². The van der Waals surface area contributed by atoms with Gasteiger partial charge in [-0.15, -0.1) is 0 Å². The first-order valence-corrected chi connectivity index (χ1v) is 8.27. The molecule has 8 heteroatoms. The smallest absolute Gasteiger partial charge is 0.305 e. The molecule has 1 aromatic heterocycles. The van der Waals surface area contributed by atoms with Gasteiger partial charge in [0, 0.05) is 24.3 Å². The average Bonchev–Trinajstić information content (AvgIpc) is 2.88. The van der Waals surface area contributed by atoms with Gasteiger partial charge in [-0.3, -0.25) is 14.4 Å². The highest BCUT2D eigenvalue weighted by atomic mass is 19.2. The summed E-state index contributed by atoms with van der Waals surface area (Å²) in [5.74, 6) is -3.87. The molecule has 0 bridgehead atoms. The minimum absolute atomic E-state index is 0.101. The number of nitrogens with one attached hydrogen (secondary N) is 1. The minimum Gasteiger partial charge on any atom is -0.481 e. The zero-order valence-corrected chi connectivity index (χ0v) is 15.2. The van der Waals surface area contributed by atoms with Crippen LogP contribution in [0.25, 0.3) is 0 Å². The van der Waals surface area contributed by atoms with Crippen molar-refractivity contribution >= 4 is 17.7 Å². The number of carboxylic acids is 1. The van der Waals surface area contributed by atoms with Crippen LogP contribution in [0.3, 0.4) is 0 Å². The molecule has 0 atom stereocenters. The Bertz CT molecular complexity index is 905. The van der Waals surface area contributed by atoms with Gasteiger partial charge in [0.25, 0.3) is 5.91 Å². The number of aliphatic carboxylic acids is 1. The summed E-state index contributed by atoms with van der Waals surface area (Å²) in [6.07, 6.45) is -0.312. The molecular weight excluding hydrogens is 358 g/mol. The van der Waals surface area contributed by atoms with E-state index < -0.39 is 23.5 Å². The topological polar surface area (TPSA) is 90.5 Å². The van der Waals surface area contributed by atoms with E-state index in [2.05, 4.69) is 4.98 Å². The van der Waals surface area contributed by atoms with Gasteiger partial charge in [0.05, 0.1) is 6.42 Å². The molecule has 2 aromatic rings. The van der Waals surface area contributed by atoms with Gasteiger partial charge in [0.2, 0.25) is 0 Å². The van der Waals surface area contributed by atoms with E-state index in [0.29, 0.717) is 22.4 Å². The predicted octanol–water partition coefficient (Wildman–Crippen LogP) is 3.23. The molecule has 0 aliphatic rings. The number of aryl methyl sites for hydroxylation is 1. The monoisotopic (exact) mass is 378 g/mol. The number of nitrogens with zero attached hydrogens (tertiary/aromatic N) is 1. The van der Waals surface area contributed by atoms with Crippen molar-refractivity contribution < 1.29 is 28.3 Å². The quantitative estimate of drug-likeness (QED) is 0.724. The second kappa shape index (κ2) is 8.11. The summed E-state index contributed by atoms with van der Waals surface area (Å²) < 4.78 is 26.6. The predicted molar refractivity (Wildman–Crippen MR) is 93.6 cm³/mol. The zero-order valence-electron chi connectivity index (χ0n) is 15.2. The van der Waals surface area contributed by atoms with Gasteiger partial charge in [-0.05, 0) is 44.0 Å². The molecule has 27 heavy (non-hydrogen) atoms. The van der Waals surface area contributed by atoms with Crippen molar-refractivity contribution in [2.75, 3.05) is 6.54 Å². The lowest BCUT2D eigenvalue weighted by molar-refractivity contribution is -0.137. The Balaban J connectivity index is 2.36. The van der Waals surface area contributed by atoms with Gasteiger partial charge in [-0.25, -0.2) is 8.78 Å². The van der Waals surface area contributed by atoms with Crippen LogP contribution in [0, 0.1) is 25.5 Å². The Morgan fingerprint density at radius 2 is 1.81 bits per heavy atom. The summed E-state index contributed by atoms with van der Waals surface area (Å²) in [6, 6.07) is 3.24. The number of H-pyrrole nitrogens is 1. The largest absolute Gasteiger partial charge is 0.481 e. The van der Waals surface area contributed by atoms with E-state index >= 15 is 0 Å². The maximum atomic E-state index is 13.5. The number of rotatable bonds is 7. The number of hydrogen-bond acceptors (Lipinski definition) is 3. The maximum Gasteiger partial charge on any atom is 0.305 e. The van der Waals surface area contributed by atoms with E-state index in [9.17, 15) is 23.2 Å². The molecule has 1 aromatic carbocycles. The number of halogens is 2. The van der Waals surface area contributed by atoms with Crippen LogP contribution in [0.15, 0.2) is 18.2 Å². The number of aromatic amines is 1. The summed E-state index contributed by atoms with van der Waals surface area (Å²) in [5.41, 5.74) is 1.90. The van der Waals surface area contributed by atoms with E-state index in [-0.39, 0.29) is 31.0 Å². The molecule has 0 saturated carbocycles. The Kier molecular flexibility index (Phi) is 6.09. The molecule has 0 aliphatic heterocycles. The molecule has 0 fully saturated rings. The summed E-state index contributed by atoms with van der Waals surface area (Å²) >= 11 is 0. The number of carbonyl (C=O) groups excluding carboxylic acids is 2. The molecule has 2 N–H and O–H groups in total. The first kappa shape index (κ1) is 20.3. The standard InChI is InChI=1S/C19H20F2N2O4/c1-10-17(12(3)24)11(2)22-18(10)19(27)23(7-6-16(25)26)9-13-4-5-14(20)15(21)8-13/h4-5,8,22H,6-7,9H2,1-3H3,(H,25,26). The van der Waals surface area contributed by atoms with Crippen LogP contribution in [0.1, 0.15) is 51.0 Å². The Hall–Kier alpha value is -3.03. The Morgan fingerprint density at radius 1 is 1.15 bits per heavy atom. The number of carboxylic acid groups (broad SMARTS) is 1. The fraction of sp³-hybridized carbons (Fsp3) is 0.316. The van der Waals surface area contributed by atoms with Gasteiger partial charge in [-0.1, -0.05) is 6.07 Å². The third kappa shape index (κ3) is 4.58. The molecule has 1 amide bonds. The molecule has 0 saturated heterocycles. The third-order valence-electron chi connectivity index (χ3n) is 4.24. The second-order valence-corrected chi connectivity index (χ2v) is 6.30. The van der Waals surface area contributed by atoms with Crippen LogP contribution in [0.5, 0.6) is 0 Å². The maximum absolute atomic E-state index is 13.5. The third-order valence-corrected chi connectivity index (χ3v) is 4.24. The van der Waals surface area contributed by atoms with E-state index in [4.69, 9.17) is 5.11 Å². The van der Waals surface area contributed by atoms with Crippen molar-refractivity contribution in [1.29, 1.82) is 0 Å². The lowest BCUT2D eigenvalue weighted by Gasteiger charge is -2.22. The van der Waals surface area contributed by atoms with Crippen LogP contribution in [0.2, 0.25) is 0 Å². The van der Waals surface area contributed by atoms with Crippen LogP contribution < -0.4 is 0 Å². The average molecular weight is 378 g/mol. The van der Waals surface area contributed by atoms with Crippen LogP contribution in [-0.4, -0.2) is 39.2 Å². The number of carbonyl (C=O) groups is 3. The molecule has 0 spiro atoms. The van der Waals surface area contributed by atoms with E-state index in [1.807, 2.05) is 0 Å². The van der Waals surface area contributed by atoms with Crippen molar-refractivity contribution in [1.82, 2.24) is 9.88 Å². The van der Waals surface area contributed by atoms with Gasteiger partial charge in [0.1, 0.15) is 5.69 Å². The van der Waals surface area contributed by atoms with Crippen molar-refractivity contribution in [3.8, 4) is 0 Å². The lowest BCUT2D eigenvalue weighted by Crippen LogP contribution is -2.33. The molecule has 2 rings (SSSR count). The van der Waals surface area contributed by atoms with Crippen molar-refractivity contribution in [2.24, 2.45) is 0 Å². The summed E-state index contributed by atoms with van der Waals surface area (Å²) in [6.45, 7) is 4.45. The highest BCUT2D eigenvalue weighted by Gasteiger charge is 2.24. The number of hydrogen-bond donors (Lipinski definition) is 2. The number of aromatic nitrogens is 1. The van der Waals surface area contributed by atoms with Crippen molar-refractivity contribution in [3.05, 3.63) is 57.9 Å². The molecule has 0 aliphatic carbocycles. The van der Waals surface area contributed by atoms with Crippen molar-refractivity contribution in [3.63, 3.8) is 0 Å². The fourth-order valence-electron chi connectivity index (χ4n) is 2.99. The highest BCUT2D eigenvalue weighted by molar-refractivity contribution is 6.02. The SMILES string of the molecule is CC(=O)c1c(C)[nH]c(C(=O)N(CCC(=O)O)Cc2ccc(F)c(F)c2)c1C. The molecular formula is C19H20F2N2O4. The first-order chi connectivity index (χ1) is 12.6. The summed E-state index contributed by atoms with van der Waals surface area (Å²) in [7, 11) is 0. The molecule has 0 unspecified atom stereocenters. The number of Topliss-reactive ketones (excluding diaryl/α,β-unsaturated/α-hetero) is 1. The Labute approximate surface area is 154 Å². The summed E-state index contributed by atoms with van der Waals surface area (Å²) in [4.78, 5) is 39.7. The van der Waals surface area contributed by atoms with Crippen LogP contribution in [0.4, 0.5) is 8.78 Å². The zero-order chi connectivity index (χ0) is 20.3. The Morgan fingerprint density at radius 3 is 2.33 bits per heavy atom. The highest BCUT2D eigenvalue weighted by Crippen LogP contribution is 2.21. The van der Waals surface area contributed by atoms with Crippen LogP contribution >= 0.6 is 0 Å². The van der Waals surface area contributed by atoms with Gasteiger partial charge in [-0.2, -0.15) is 0 Å². The van der Waals surface area contributed by atoms with Gasteiger partial charge in [0.15, 0.2) is 17.4 Å². The normalized spacial score (nSPS) is 10.7. The molecule has 0 radical (unpaired) electrons. The first-order valence-electron chi connectivity index (χ1n) is 8.27. The summed E-state index contributed by atoms with van der Waals surface area (Å²) in [5, 5.41) is 8.94. The number of amides is 1.